The van der Waals surface area contributed by atoms with Gasteiger partial charge in [-0.05, 0) is 23.8 Å². The number of imidazole rings is 1. The zero-order chi connectivity index (χ0) is 17.9. The number of benzene rings is 3. The van der Waals surface area contributed by atoms with Gasteiger partial charge >= 0.3 is 0 Å². The van der Waals surface area contributed by atoms with Gasteiger partial charge in [-0.15, -0.1) is 0 Å². The first kappa shape index (κ1) is 16.4. The third-order valence-corrected chi connectivity index (χ3v) is 4.55. The number of hydrogen-bond acceptors (Lipinski definition) is 3. The van der Waals surface area contributed by atoms with Crippen LogP contribution in [-0.2, 0) is 6.54 Å². The summed E-state index contributed by atoms with van der Waals surface area (Å²) < 4.78 is 7.49. The predicted molar refractivity (Wildman–Crippen MR) is 102 cm³/mol. The van der Waals surface area contributed by atoms with E-state index in [-0.39, 0.29) is 0 Å². The molecular formula is C22H20N2O2. The number of nitrogens with zero attached hydrogens (tertiary/aromatic N) is 2. The minimum Gasteiger partial charge on any atom is -0.496 e. The molecule has 1 heterocycles. The highest BCUT2D eigenvalue weighted by Gasteiger charge is 2.22. The monoisotopic (exact) mass is 344 g/mol. The summed E-state index contributed by atoms with van der Waals surface area (Å²) in [6, 6.07) is 25.6. The second-order valence-corrected chi connectivity index (χ2v) is 6.17. The maximum Gasteiger partial charge on any atom is 0.143 e. The first-order valence-corrected chi connectivity index (χ1v) is 8.58. The summed E-state index contributed by atoms with van der Waals surface area (Å²) in [6.07, 6.45) is -0.873. The molecule has 0 saturated heterocycles. The molecule has 130 valence electrons. The first-order valence-electron chi connectivity index (χ1n) is 8.58. The molecule has 0 fully saturated rings. The van der Waals surface area contributed by atoms with Gasteiger partial charge < -0.3 is 14.4 Å². The highest BCUT2D eigenvalue weighted by atomic mass is 16.5. The minimum atomic E-state index is -0.873. The van der Waals surface area contributed by atoms with E-state index < -0.39 is 6.10 Å². The fourth-order valence-corrected chi connectivity index (χ4v) is 3.27. The molecule has 3 aromatic carbocycles. The lowest BCUT2D eigenvalue weighted by molar-refractivity contribution is 0.201. The Morgan fingerprint density at radius 3 is 2.42 bits per heavy atom. The lowest BCUT2D eigenvalue weighted by Gasteiger charge is -2.17. The Balaban J connectivity index is 1.85. The van der Waals surface area contributed by atoms with Crippen molar-refractivity contribution in [1.82, 2.24) is 9.55 Å². The lowest BCUT2D eigenvalue weighted by atomic mass is 10.1. The second kappa shape index (κ2) is 7.02. The van der Waals surface area contributed by atoms with Gasteiger partial charge in [-0.1, -0.05) is 60.7 Å². The van der Waals surface area contributed by atoms with Crippen molar-refractivity contribution in [3.8, 4) is 5.75 Å². The molecule has 4 rings (SSSR count). The molecule has 0 aliphatic heterocycles. The van der Waals surface area contributed by atoms with Crippen molar-refractivity contribution in [1.29, 1.82) is 0 Å². The van der Waals surface area contributed by atoms with E-state index in [1.807, 2.05) is 66.7 Å². The number of aliphatic hydroxyl groups is 1. The van der Waals surface area contributed by atoms with Gasteiger partial charge in [0.15, 0.2) is 0 Å². The standard InChI is InChI=1S/C22H20N2O2/c1-26-20-14-8-5-11-17(20)21(25)22-23-18-12-6-7-13-19(18)24(22)15-16-9-3-2-4-10-16/h2-14,21,25H,15H2,1H3. The van der Waals surface area contributed by atoms with Crippen molar-refractivity contribution in [3.63, 3.8) is 0 Å². The average molecular weight is 344 g/mol. The number of para-hydroxylation sites is 3. The Labute approximate surface area is 152 Å². The number of rotatable bonds is 5. The van der Waals surface area contributed by atoms with Crippen molar-refractivity contribution in [2.45, 2.75) is 12.6 Å². The van der Waals surface area contributed by atoms with Gasteiger partial charge in [0.2, 0.25) is 0 Å². The molecule has 4 aromatic rings. The van der Waals surface area contributed by atoms with Crippen LogP contribution in [0.1, 0.15) is 23.1 Å². The smallest absolute Gasteiger partial charge is 0.143 e. The van der Waals surface area contributed by atoms with Gasteiger partial charge in [0.05, 0.1) is 18.1 Å². The summed E-state index contributed by atoms with van der Waals surface area (Å²) in [5.41, 5.74) is 3.73. The fourth-order valence-electron chi connectivity index (χ4n) is 3.27. The maximum absolute atomic E-state index is 11.1. The van der Waals surface area contributed by atoms with Gasteiger partial charge in [0, 0.05) is 12.1 Å². The molecular weight excluding hydrogens is 324 g/mol. The number of methoxy groups -OCH3 is 1. The van der Waals surface area contributed by atoms with Crippen LogP contribution in [0.3, 0.4) is 0 Å². The zero-order valence-electron chi connectivity index (χ0n) is 14.5. The van der Waals surface area contributed by atoms with Crippen LogP contribution in [0.25, 0.3) is 11.0 Å². The second-order valence-electron chi connectivity index (χ2n) is 6.17. The first-order chi connectivity index (χ1) is 12.8. The van der Waals surface area contributed by atoms with Crippen LogP contribution in [0.2, 0.25) is 0 Å². The Hall–Kier alpha value is -3.11. The van der Waals surface area contributed by atoms with Crippen molar-refractivity contribution in [2.75, 3.05) is 7.11 Å². The number of aromatic nitrogens is 2. The van der Waals surface area contributed by atoms with Crippen LogP contribution in [0, 0.1) is 0 Å². The van der Waals surface area contributed by atoms with E-state index >= 15 is 0 Å². The summed E-state index contributed by atoms with van der Waals surface area (Å²) in [7, 11) is 1.61. The molecule has 1 aromatic heterocycles. The molecule has 1 N–H and O–H groups in total. The molecule has 0 aliphatic carbocycles. The van der Waals surface area contributed by atoms with Crippen molar-refractivity contribution >= 4 is 11.0 Å². The van der Waals surface area contributed by atoms with E-state index in [2.05, 4.69) is 16.7 Å². The van der Waals surface area contributed by atoms with Gasteiger partial charge in [-0.2, -0.15) is 0 Å². The van der Waals surface area contributed by atoms with Crippen molar-refractivity contribution in [3.05, 3.63) is 95.8 Å². The molecule has 4 heteroatoms. The van der Waals surface area contributed by atoms with E-state index in [0.29, 0.717) is 23.7 Å². The number of hydrogen-bond donors (Lipinski definition) is 1. The Morgan fingerprint density at radius 1 is 0.923 bits per heavy atom. The molecule has 0 amide bonds. The summed E-state index contributed by atoms with van der Waals surface area (Å²) in [6.45, 7) is 0.642. The van der Waals surface area contributed by atoms with Gasteiger partial charge in [-0.3, -0.25) is 0 Å². The third kappa shape index (κ3) is 2.95. The summed E-state index contributed by atoms with van der Waals surface area (Å²) >= 11 is 0. The zero-order valence-corrected chi connectivity index (χ0v) is 14.5. The van der Waals surface area contributed by atoms with E-state index in [1.54, 1.807) is 7.11 Å². The van der Waals surface area contributed by atoms with E-state index in [4.69, 9.17) is 9.72 Å². The van der Waals surface area contributed by atoms with Crippen LogP contribution in [-0.4, -0.2) is 21.8 Å². The molecule has 26 heavy (non-hydrogen) atoms. The highest BCUT2D eigenvalue weighted by Crippen LogP contribution is 2.31. The molecule has 4 nitrogen and oxygen atoms in total. The number of fused-ring (bicyclic) bond motifs is 1. The summed E-state index contributed by atoms with van der Waals surface area (Å²) in [4.78, 5) is 4.72. The maximum atomic E-state index is 11.1. The minimum absolute atomic E-state index is 0.611. The third-order valence-electron chi connectivity index (χ3n) is 4.55. The lowest BCUT2D eigenvalue weighted by Crippen LogP contribution is -2.12. The average Bonchev–Trinajstić information content (AvgIpc) is 3.07. The summed E-state index contributed by atoms with van der Waals surface area (Å²) in [5.74, 6) is 1.26. The Morgan fingerprint density at radius 2 is 1.62 bits per heavy atom. The molecule has 0 saturated carbocycles. The van der Waals surface area contributed by atoms with Crippen molar-refractivity contribution < 1.29 is 9.84 Å². The van der Waals surface area contributed by atoms with Crippen LogP contribution >= 0.6 is 0 Å². The quantitative estimate of drug-likeness (QED) is 0.591. The number of ether oxygens (including phenoxy) is 1. The summed E-state index contributed by atoms with van der Waals surface area (Å²) in [5, 5.41) is 11.1. The van der Waals surface area contributed by atoms with Crippen LogP contribution in [0.15, 0.2) is 78.9 Å². The largest absolute Gasteiger partial charge is 0.496 e. The van der Waals surface area contributed by atoms with Crippen LogP contribution in [0.5, 0.6) is 5.75 Å². The molecule has 0 radical (unpaired) electrons. The van der Waals surface area contributed by atoms with Crippen LogP contribution < -0.4 is 4.74 Å². The molecule has 1 atom stereocenters. The molecule has 0 spiro atoms. The highest BCUT2D eigenvalue weighted by molar-refractivity contribution is 5.76. The molecule has 0 aliphatic rings. The van der Waals surface area contributed by atoms with Crippen molar-refractivity contribution in [2.24, 2.45) is 0 Å². The van der Waals surface area contributed by atoms with Crippen LogP contribution in [0.4, 0.5) is 0 Å². The molecule has 0 bridgehead atoms. The van der Waals surface area contributed by atoms with Gasteiger partial charge in [0.25, 0.3) is 0 Å². The Kier molecular flexibility index (Phi) is 4.42. The number of aliphatic hydroxyl groups excluding tert-OH is 1. The Bertz CT molecular complexity index is 1020. The van der Waals surface area contributed by atoms with Gasteiger partial charge in [0.1, 0.15) is 17.7 Å². The van der Waals surface area contributed by atoms with E-state index in [9.17, 15) is 5.11 Å². The predicted octanol–water partition coefficient (Wildman–Crippen LogP) is 4.17. The topological polar surface area (TPSA) is 47.3 Å². The normalized spacial score (nSPS) is 12.2. The van der Waals surface area contributed by atoms with E-state index in [1.165, 1.54) is 0 Å². The van der Waals surface area contributed by atoms with Gasteiger partial charge in [-0.25, -0.2) is 4.98 Å². The fraction of sp³-hybridized carbons (Fsp3) is 0.136. The molecule has 1 unspecified atom stereocenters. The SMILES string of the molecule is COc1ccccc1C(O)c1nc2ccccc2n1Cc1ccccc1. The van der Waals surface area contributed by atoms with E-state index in [0.717, 1.165) is 16.6 Å².